The average molecular weight is 412 g/mol. The maximum atomic E-state index is 5.60. The Morgan fingerprint density at radius 2 is 1.90 bits per heavy atom. The van der Waals surface area contributed by atoms with Crippen molar-refractivity contribution >= 4 is 29.9 Å². The number of hydrogen-bond acceptors (Lipinski definition) is 3. The molecule has 1 fully saturated rings. The van der Waals surface area contributed by atoms with Crippen molar-refractivity contribution in [2.45, 2.75) is 58.7 Å². The van der Waals surface area contributed by atoms with E-state index in [2.05, 4.69) is 48.2 Å². The van der Waals surface area contributed by atoms with E-state index in [9.17, 15) is 0 Å². The highest BCUT2D eigenvalue weighted by atomic mass is 127. The summed E-state index contributed by atoms with van der Waals surface area (Å²) in [4.78, 5) is 6.73. The topological polar surface area (TPSA) is 48.9 Å². The molecule has 1 aliphatic heterocycles. The Balaban J connectivity index is 0.00000400. The van der Waals surface area contributed by atoms with Crippen LogP contribution < -0.4 is 10.6 Å². The molecular weight excluding hydrogens is 379 g/mol. The summed E-state index contributed by atoms with van der Waals surface area (Å²) >= 11 is 0. The van der Waals surface area contributed by atoms with Gasteiger partial charge in [-0.15, -0.1) is 24.0 Å². The highest BCUT2D eigenvalue weighted by Crippen LogP contribution is 2.10. The summed E-state index contributed by atoms with van der Waals surface area (Å²) in [6, 6.07) is 1.14. The van der Waals surface area contributed by atoms with E-state index in [1.165, 1.54) is 6.42 Å². The van der Waals surface area contributed by atoms with Crippen LogP contribution in [0.5, 0.6) is 0 Å². The molecule has 5 nitrogen and oxygen atoms in total. The zero-order valence-corrected chi connectivity index (χ0v) is 16.5. The fourth-order valence-electron chi connectivity index (χ4n) is 2.65. The Morgan fingerprint density at radius 3 is 2.38 bits per heavy atom. The summed E-state index contributed by atoms with van der Waals surface area (Å²) in [6.45, 7) is 12.6. The number of guanidine groups is 1. The lowest BCUT2D eigenvalue weighted by Crippen LogP contribution is -2.46. The first-order chi connectivity index (χ1) is 9.54. The zero-order chi connectivity index (χ0) is 15.0. The van der Waals surface area contributed by atoms with Gasteiger partial charge in [-0.1, -0.05) is 0 Å². The molecule has 0 aliphatic carbocycles. The number of nitrogens with zero attached hydrogens (tertiary/aromatic N) is 2. The van der Waals surface area contributed by atoms with Gasteiger partial charge in [0, 0.05) is 45.4 Å². The molecule has 0 bridgehead atoms. The van der Waals surface area contributed by atoms with Gasteiger partial charge in [-0.25, -0.2) is 0 Å². The third-order valence-corrected chi connectivity index (χ3v) is 3.73. The van der Waals surface area contributed by atoms with Crippen molar-refractivity contribution in [3.63, 3.8) is 0 Å². The lowest BCUT2D eigenvalue weighted by Gasteiger charge is -2.30. The van der Waals surface area contributed by atoms with E-state index in [4.69, 9.17) is 4.74 Å². The molecule has 0 amide bonds. The molecular formula is C15H33IN4O. The third-order valence-electron chi connectivity index (χ3n) is 3.73. The summed E-state index contributed by atoms with van der Waals surface area (Å²) in [5.74, 6) is 0.868. The van der Waals surface area contributed by atoms with Crippen LogP contribution in [0.3, 0.4) is 0 Å². The Kier molecular flexibility index (Phi) is 11.4. The molecule has 0 aromatic heterocycles. The Labute approximate surface area is 147 Å². The van der Waals surface area contributed by atoms with Crippen LogP contribution in [-0.2, 0) is 4.74 Å². The highest BCUT2D eigenvalue weighted by molar-refractivity contribution is 14.0. The van der Waals surface area contributed by atoms with E-state index in [0.29, 0.717) is 18.2 Å². The highest BCUT2D eigenvalue weighted by Gasteiger charge is 2.16. The molecule has 1 aliphatic rings. The van der Waals surface area contributed by atoms with E-state index in [-0.39, 0.29) is 24.0 Å². The van der Waals surface area contributed by atoms with Crippen molar-refractivity contribution in [2.75, 3.05) is 33.3 Å². The van der Waals surface area contributed by atoms with E-state index in [0.717, 1.165) is 38.6 Å². The van der Waals surface area contributed by atoms with E-state index in [1.807, 2.05) is 7.05 Å². The molecule has 126 valence electrons. The molecule has 1 atom stereocenters. The Bertz CT molecular complexity index is 283. The maximum absolute atomic E-state index is 5.60. The lowest BCUT2D eigenvalue weighted by molar-refractivity contribution is 0.113. The summed E-state index contributed by atoms with van der Waals surface area (Å²) in [5.41, 5.74) is 0. The second-order valence-electron chi connectivity index (χ2n) is 5.94. The SMILES string of the molecule is CN=C(NCCN(C(C)C)C(C)C)NCC1CCCO1.I. The number of nitrogens with one attached hydrogen (secondary N) is 2. The van der Waals surface area contributed by atoms with Gasteiger partial charge in [0.15, 0.2) is 5.96 Å². The molecule has 1 heterocycles. The number of hydrogen-bond donors (Lipinski definition) is 2. The van der Waals surface area contributed by atoms with Gasteiger partial charge in [0.1, 0.15) is 0 Å². The molecule has 1 unspecified atom stereocenters. The summed E-state index contributed by atoms with van der Waals surface area (Å²) in [5, 5.41) is 6.71. The second kappa shape index (κ2) is 11.5. The van der Waals surface area contributed by atoms with Crippen molar-refractivity contribution in [1.82, 2.24) is 15.5 Å². The van der Waals surface area contributed by atoms with E-state index >= 15 is 0 Å². The summed E-state index contributed by atoms with van der Waals surface area (Å²) in [6.07, 6.45) is 2.67. The van der Waals surface area contributed by atoms with Crippen molar-refractivity contribution in [3.05, 3.63) is 0 Å². The first-order valence-corrected chi connectivity index (χ1v) is 7.86. The Hall–Kier alpha value is -0.0800. The first kappa shape index (κ1) is 20.9. The van der Waals surface area contributed by atoms with E-state index < -0.39 is 0 Å². The van der Waals surface area contributed by atoms with Gasteiger partial charge < -0.3 is 15.4 Å². The van der Waals surface area contributed by atoms with Crippen molar-refractivity contribution in [2.24, 2.45) is 4.99 Å². The van der Waals surface area contributed by atoms with Gasteiger partial charge in [-0.05, 0) is 40.5 Å². The molecule has 0 aromatic rings. The molecule has 2 N–H and O–H groups in total. The van der Waals surface area contributed by atoms with Gasteiger partial charge in [0.2, 0.25) is 0 Å². The molecule has 0 spiro atoms. The monoisotopic (exact) mass is 412 g/mol. The number of aliphatic imine (C=N–C) groups is 1. The fourth-order valence-corrected chi connectivity index (χ4v) is 2.65. The standard InChI is InChI=1S/C15H32N4O.HI/c1-12(2)19(13(3)4)9-8-17-15(16-5)18-11-14-7-6-10-20-14;/h12-14H,6-11H2,1-5H3,(H2,16,17,18);1H. The number of ether oxygens (including phenoxy) is 1. The zero-order valence-electron chi connectivity index (χ0n) is 14.2. The lowest BCUT2D eigenvalue weighted by atomic mass is 10.2. The number of rotatable bonds is 7. The van der Waals surface area contributed by atoms with Crippen LogP contribution in [0.2, 0.25) is 0 Å². The molecule has 1 rings (SSSR count). The molecule has 1 saturated heterocycles. The van der Waals surface area contributed by atoms with Crippen LogP contribution >= 0.6 is 24.0 Å². The second-order valence-corrected chi connectivity index (χ2v) is 5.94. The van der Waals surface area contributed by atoms with Crippen molar-refractivity contribution < 1.29 is 4.74 Å². The molecule has 0 saturated carbocycles. The molecule has 6 heteroatoms. The third kappa shape index (κ3) is 8.21. The van der Waals surface area contributed by atoms with Gasteiger partial charge in [0.25, 0.3) is 0 Å². The van der Waals surface area contributed by atoms with Crippen LogP contribution in [-0.4, -0.2) is 62.3 Å². The maximum Gasteiger partial charge on any atom is 0.191 e. The first-order valence-electron chi connectivity index (χ1n) is 7.86. The molecule has 0 radical (unpaired) electrons. The average Bonchev–Trinajstić information content (AvgIpc) is 2.90. The minimum atomic E-state index is 0. The Morgan fingerprint density at radius 1 is 1.24 bits per heavy atom. The molecule has 21 heavy (non-hydrogen) atoms. The predicted molar refractivity (Wildman–Crippen MR) is 101 cm³/mol. The van der Waals surface area contributed by atoms with Gasteiger partial charge >= 0.3 is 0 Å². The van der Waals surface area contributed by atoms with Crippen LogP contribution in [0.1, 0.15) is 40.5 Å². The van der Waals surface area contributed by atoms with Crippen LogP contribution in [0.25, 0.3) is 0 Å². The number of halogens is 1. The summed E-state index contributed by atoms with van der Waals surface area (Å²) in [7, 11) is 1.81. The normalized spacial score (nSPS) is 19.2. The van der Waals surface area contributed by atoms with Gasteiger partial charge in [0.05, 0.1) is 6.10 Å². The van der Waals surface area contributed by atoms with Crippen LogP contribution in [0.15, 0.2) is 4.99 Å². The largest absolute Gasteiger partial charge is 0.376 e. The van der Waals surface area contributed by atoms with Crippen molar-refractivity contribution in [1.29, 1.82) is 0 Å². The fraction of sp³-hybridized carbons (Fsp3) is 0.933. The van der Waals surface area contributed by atoms with Crippen LogP contribution in [0, 0.1) is 0 Å². The van der Waals surface area contributed by atoms with Gasteiger partial charge in [-0.3, -0.25) is 9.89 Å². The van der Waals surface area contributed by atoms with E-state index in [1.54, 1.807) is 0 Å². The molecule has 0 aromatic carbocycles. The smallest absolute Gasteiger partial charge is 0.191 e. The van der Waals surface area contributed by atoms with Crippen LogP contribution in [0.4, 0.5) is 0 Å². The summed E-state index contributed by atoms with van der Waals surface area (Å²) < 4.78 is 5.60. The van der Waals surface area contributed by atoms with Gasteiger partial charge in [-0.2, -0.15) is 0 Å². The minimum Gasteiger partial charge on any atom is -0.376 e. The predicted octanol–water partition coefficient (Wildman–Crippen LogP) is 2.07. The quantitative estimate of drug-likeness (QED) is 0.382. The van der Waals surface area contributed by atoms with Crippen molar-refractivity contribution in [3.8, 4) is 0 Å². The minimum absolute atomic E-state index is 0.